The van der Waals surface area contributed by atoms with Crippen LogP contribution in [0.15, 0.2) is 34.8 Å². The van der Waals surface area contributed by atoms with Gasteiger partial charge in [0.05, 0.1) is 5.92 Å². The van der Waals surface area contributed by atoms with Gasteiger partial charge >= 0.3 is 5.97 Å². The monoisotopic (exact) mass is 324 g/mol. The Morgan fingerprint density at radius 2 is 2.06 bits per heavy atom. The normalized spacial score (nSPS) is 12.4. The van der Waals surface area contributed by atoms with Crippen molar-refractivity contribution in [2.75, 3.05) is 0 Å². The van der Waals surface area contributed by atoms with Gasteiger partial charge in [0.1, 0.15) is 0 Å². The number of hydrogen-bond acceptors (Lipinski definition) is 2. The lowest BCUT2D eigenvalue weighted by Gasteiger charge is -2.03. The van der Waals surface area contributed by atoms with Gasteiger partial charge in [-0.2, -0.15) is 0 Å². The Balaban J connectivity index is 2.35. The molecule has 0 saturated heterocycles. The minimum absolute atomic E-state index is 0.447. The van der Waals surface area contributed by atoms with Crippen LogP contribution in [0.1, 0.15) is 23.3 Å². The van der Waals surface area contributed by atoms with Crippen LogP contribution in [0.25, 0.3) is 10.4 Å². The van der Waals surface area contributed by atoms with Gasteiger partial charge in [-0.1, -0.05) is 28.1 Å². The minimum Gasteiger partial charge on any atom is -0.481 e. The van der Waals surface area contributed by atoms with Crippen LogP contribution < -0.4 is 0 Å². The Kier molecular flexibility index (Phi) is 3.88. The lowest BCUT2D eigenvalue weighted by molar-refractivity contribution is -0.138. The summed E-state index contributed by atoms with van der Waals surface area (Å²) in [6, 6.07) is 10.1. The Morgan fingerprint density at radius 3 is 2.67 bits per heavy atom. The lowest BCUT2D eigenvalue weighted by Crippen LogP contribution is -2.04. The highest BCUT2D eigenvalue weighted by Gasteiger charge is 2.16. The van der Waals surface area contributed by atoms with Gasteiger partial charge in [-0.3, -0.25) is 4.79 Å². The average Bonchev–Trinajstić information content (AvgIpc) is 2.81. The SMILES string of the molecule is Cc1ccc(-c2ccc(C(C)C(=O)O)s2)cc1Br. The summed E-state index contributed by atoms with van der Waals surface area (Å²) >= 11 is 5.05. The molecule has 0 fully saturated rings. The number of carbonyl (C=O) groups is 1. The van der Waals surface area contributed by atoms with Crippen LogP contribution in [0.5, 0.6) is 0 Å². The van der Waals surface area contributed by atoms with Crippen molar-refractivity contribution in [3.05, 3.63) is 45.2 Å². The van der Waals surface area contributed by atoms with Gasteiger partial charge in [-0.15, -0.1) is 11.3 Å². The van der Waals surface area contributed by atoms with E-state index in [1.54, 1.807) is 6.92 Å². The Bertz CT molecular complexity index is 589. The smallest absolute Gasteiger partial charge is 0.311 e. The highest BCUT2D eigenvalue weighted by Crippen LogP contribution is 2.34. The third-order valence-electron chi connectivity index (χ3n) is 2.88. The van der Waals surface area contributed by atoms with Crippen molar-refractivity contribution in [3.8, 4) is 10.4 Å². The number of carboxylic acid groups (broad SMARTS) is 1. The highest BCUT2D eigenvalue weighted by molar-refractivity contribution is 9.10. The number of aliphatic carboxylic acids is 1. The molecule has 0 radical (unpaired) electrons. The van der Waals surface area contributed by atoms with Crippen molar-refractivity contribution in [3.63, 3.8) is 0 Å². The molecular formula is C14H13BrO2S. The van der Waals surface area contributed by atoms with E-state index in [1.165, 1.54) is 16.9 Å². The van der Waals surface area contributed by atoms with Crippen LogP contribution in [0.2, 0.25) is 0 Å². The molecule has 4 heteroatoms. The first-order valence-electron chi connectivity index (χ1n) is 5.58. The van der Waals surface area contributed by atoms with Gasteiger partial charge < -0.3 is 5.11 Å². The summed E-state index contributed by atoms with van der Waals surface area (Å²) in [6.45, 7) is 3.75. The standard InChI is InChI=1S/C14H13BrO2S/c1-8-3-4-10(7-11(8)15)13-6-5-12(18-13)9(2)14(16)17/h3-7,9H,1-2H3,(H,16,17). The van der Waals surface area contributed by atoms with Gasteiger partial charge in [-0.05, 0) is 43.2 Å². The lowest BCUT2D eigenvalue weighted by atomic mass is 10.1. The van der Waals surface area contributed by atoms with E-state index in [-0.39, 0.29) is 0 Å². The van der Waals surface area contributed by atoms with E-state index >= 15 is 0 Å². The van der Waals surface area contributed by atoms with E-state index in [1.807, 2.05) is 19.1 Å². The number of benzene rings is 1. The van der Waals surface area contributed by atoms with Crippen LogP contribution in [0.3, 0.4) is 0 Å². The average molecular weight is 325 g/mol. The Morgan fingerprint density at radius 1 is 1.33 bits per heavy atom. The quantitative estimate of drug-likeness (QED) is 0.890. The van der Waals surface area contributed by atoms with E-state index in [4.69, 9.17) is 5.11 Å². The summed E-state index contributed by atoms with van der Waals surface area (Å²) in [5.74, 6) is -1.23. The molecular weight excluding hydrogens is 312 g/mol. The van der Waals surface area contributed by atoms with Crippen LogP contribution in [0.4, 0.5) is 0 Å². The fourth-order valence-corrected chi connectivity index (χ4v) is 3.04. The second-order valence-corrected chi connectivity index (χ2v) is 6.20. The molecule has 0 amide bonds. The molecule has 1 unspecified atom stereocenters. The summed E-state index contributed by atoms with van der Waals surface area (Å²) in [4.78, 5) is 12.9. The first-order valence-corrected chi connectivity index (χ1v) is 7.19. The molecule has 0 saturated carbocycles. The van der Waals surface area contributed by atoms with Crippen molar-refractivity contribution < 1.29 is 9.90 Å². The predicted octanol–water partition coefficient (Wildman–Crippen LogP) is 4.67. The van der Waals surface area contributed by atoms with E-state index in [0.29, 0.717) is 0 Å². The van der Waals surface area contributed by atoms with Gasteiger partial charge in [0.25, 0.3) is 0 Å². The van der Waals surface area contributed by atoms with Crippen molar-refractivity contribution in [1.82, 2.24) is 0 Å². The van der Waals surface area contributed by atoms with Crippen LogP contribution >= 0.6 is 27.3 Å². The highest BCUT2D eigenvalue weighted by atomic mass is 79.9. The Labute approximate surface area is 118 Å². The van der Waals surface area contributed by atoms with Crippen LogP contribution in [-0.2, 0) is 4.79 Å². The predicted molar refractivity (Wildman–Crippen MR) is 78.2 cm³/mol. The molecule has 1 heterocycles. The topological polar surface area (TPSA) is 37.3 Å². The number of hydrogen-bond donors (Lipinski definition) is 1. The molecule has 94 valence electrons. The summed E-state index contributed by atoms with van der Waals surface area (Å²) in [5.41, 5.74) is 2.30. The second-order valence-electron chi connectivity index (χ2n) is 4.23. The number of halogens is 1. The number of rotatable bonds is 3. The fraction of sp³-hybridized carbons (Fsp3) is 0.214. The molecule has 1 atom stereocenters. The minimum atomic E-state index is -0.784. The van der Waals surface area contributed by atoms with E-state index in [9.17, 15) is 4.79 Å². The molecule has 0 aliphatic rings. The van der Waals surface area contributed by atoms with E-state index in [2.05, 4.69) is 34.1 Å². The third-order valence-corrected chi connectivity index (χ3v) is 5.05. The fourth-order valence-electron chi connectivity index (χ4n) is 1.61. The van der Waals surface area contributed by atoms with Crippen LogP contribution in [-0.4, -0.2) is 11.1 Å². The molecule has 1 aromatic heterocycles. The molecule has 0 aliphatic heterocycles. The first-order chi connectivity index (χ1) is 8.49. The van der Waals surface area contributed by atoms with Crippen molar-refractivity contribution in [1.29, 1.82) is 0 Å². The maximum Gasteiger partial charge on any atom is 0.311 e. The molecule has 18 heavy (non-hydrogen) atoms. The second kappa shape index (κ2) is 5.24. The molecule has 0 aliphatic carbocycles. The zero-order valence-electron chi connectivity index (χ0n) is 10.1. The third kappa shape index (κ3) is 2.65. The molecule has 2 nitrogen and oxygen atoms in total. The first kappa shape index (κ1) is 13.3. The van der Waals surface area contributed by atoms with E-state index in [0.717, 1.165) is 19.8 Å². The van der Waals surface area contributed by atoms with Crippen molar-refractivity contribution in [2.24, 2.45) is 0 Å². The summed E-state index contributed by atoms with van der Waals surface area (Å²) in [5, 5.41) is 8.99. The van der Waals surface area contributed by atoms with Gasteiger partial charge in [0, 0.05) is 14.2 Å². The van der Waals surface area contributed by atoms with Crippen molar-refractivity contribution >= 4 is 33.2 Å². The van der Waals surface area contributed by atoms with E-state index < -0.39 is 11.9 Å². The largest absolute Gasteiger partial charge is 0.481 e. The maximum atomic E-state index is 10.9. The zero-order valence-corrected chi connectivity index (χ0v) is 12.5. The molecule has 2 rings (SSSR count). The number of thiophene rings is 1. The molecule has 1 N–H and O–H groups in total. The molecule has 1 aromatic carbocycles. The maximum absolute atomic E-state index is 10.9. The molecule has 2 aromatic rings. The number of carboxylic acids is 1. The van der Waals surface area contributed by atoms with Crippen molar-refractivity contribution in [2.45, 2.75) is 19.8 Å². The summed E-state index contributed by atoms with van der Waals surface area (Å²) in [7, 11) is 0. The van der Waals surface area contributed by atoms with Gasteiger partial charge in [-0.25, -0.2) is 0 Å². The zero-order chi connectivity index (χ0) is 13.3. The summed E-state index contributed by atoms with van der Waals surface area (Å²) in [6.07, 6.45) is 0. The molecule has 0 spiro atoms. The Hall–Kier alpha value is -1.13. The molecule has 0 bridgehead atoms. The van der Waals surface area contributed by atoms with Gasteiger partial charge in [0.2, 0.25) is 0 Å². The van der Waals surface area contributed by atoms with Gasteiger partial charge in [0.15, 0.2) is 0 Å². The number of aryl methyl sites for hydroxylation is 1. The summed E-state index contributed by atoms with van der Waals surface area (Å²) < 4.78 is 1.07. The van der Waals surface area contributed by atoms with Crippen LogP contribution in [0, 0.1) is 6.92 Å².